The SMILES string of the molecule is COC(=O)C1(C)CCNC(=O)C1.c1ccccc1. The Morgan fingerprint density at radius 3 is 2.11 bits per heavy atom. The molecule has 18 heavy (non-hydrogen) atoms. The van der Waals surface area contributed by atoms with Crippen molar-refractivity contribution < 1.29 is 14.3 Å². The van der Waals surface area contributed by atoms with Gasteiger partial charge in [0.15, 0.2) is 0 Å². The number of piperidine rings is 1. The molecule has 0 aliphatic carbocycles. The van der Waals surface area contributed by atoms with Crippen molar-refractivity contribution in [1.82, 2.24) is 5.32 Å². The van der Waals surface area contributed by atoms with Gasteiger partial charge in [0.25, 0.3) is 0 Å². The van der Waals surface area contributed by atoms with Crippen LogP contribution in [0.3, 0.4) is 0 Å². The van der Waals surface area contributed by atoms with Crippen LogP contribution in [0.5, 0.6) is 0 Å². The van der Waals surface area contributed by atoms with E-state index in [-0.39, 0.29) is 18.3 Å². The van der Waals surface area contributed by atoms with Crippen molar-refractivity contribution >= 4 is 11.9 Å². The van der Waals surface area contributed by atoms with Crippen molar-refractivity contribution in [1.29, 1.82) is 0 Å². The number of hydrogen-bond acceptors (Lipinski definition) is 3. The molecule has 0 radical (unpaired) electrons. The number of amides is 1. The van der Waals surface area contributed by atoms with Gasteiger partial charge in [-0.25, -0.2) is 0 Å². The first kappa shape index (κ1) is 14.2. The average molecular weight is 249 g/mol. The minimum Gasteiger partial charge on any atom is -0.469 e. The third-order valence-electron chi connectivity index (χ3n) is 2.89. The number of esters is 1. The molecule has 1 saturated heterocycles. The van der Waals surface area contributed by atoms with E-state index in [0.717, 1.165) is 0 Å². The van der Waals surface area contributed by atoms with Crippen molar-refractivity contribution in [3.63, 3.8) is 0 Å². The molecule has 98 valence electrons. The molecule has 2 rings (SSSR count). The van der Waals surface area contributed by atoms with Crippen molar-refractivity contribution in [2.24, 2.45) is 5.41 Å². The number of rotatable bonds is 1. The molecule has 1 heterocycles. The van der Waals surface area contributed by atoms with Crippen LogP contribution in [0.15, 0.2) is 36.4 Å². The van der Waals surface area contributed by atoms with Gasteiger partial charge in [0.2, 0.25) is 5.91 Å². The molecule has 1 N–H and O–H groups in total. The second-order valence-corrected chi connectivity index (χ2v) is 4.48. The minimum absolute atomic E-state index is 0.0749. The Balaban J connectivity index is 0.000000225. The van der Waals surface area contributed by atoms with Crippen LogP contribution in [0.4, 0.5) is 0 Å². The largest absolute Gasteiger partial charge is 0.469 e. The minimum atomic E-state index is -0.614. The van der Waals surface area contributed by atoms with E-state index in [4.69, 9.17) is 0 Å². The zero-order chi connectivity index (χ0) is 13.4. The highest BCUT2D eigenvalue weighted by Crippen LogP contribution is 2.29. The van der Waals surface area contributed by atoms with E-state index in [1.54, 1.807) is 6.92 Å². The predicted molar refractivity (Wildman–Crippen MR) is 68.8 cm³/mol. The molecule has 1 amide bonds. The number of carbonyl (C=O) groups is 2. The first-order valence-corrected chi connectivity index (χ1v) is 5.93. The van der Waals surface area contributed by atoms with E-state index >= 15 is 0 Å². The Morgan fingerprint density at radius 2 is 1.72 bits per heavy atom. The summed E-state index contributed by atoms with van der Waals surface area (Å²) in [6, 6.07) is 12.0. The summed E-state index contributed by atoms with van der Waals surface area (Å²) in [4.78, 5) is 22.2. The monoisotopic (exact) mass is 249 g/mol. The van der Waals surface area contributed by atoms with E-state index in [0.29, 0.717) is 13.0 Å². The number of benzene rings is 1. The predicted octanol–water partition coefficient (Wildman–Crippen LogP) is 1.76. The Labute approximate surface area is 107 Å². The first-order valence-electron chi connectivity index (χ1n) is 5.93. The summed E-state index contributed by atoms with van der Waals surface area (Å²) in [5.74, 6) is -0.369. The topological polar surface area (TPSA) is 55.4 Å². The standard InChI is InChI=1S/C8H13NO3.C6H6/c1-8(7(11)12-2)3-4-9-6(10)5-8;1-2-4-6-5-3-1/h3-5H2,1-2H3,(H,9,10);1-6H. The molecule has 1 unspecified atom stereocenters. The fourth-order valence-electron chi connectivity index (χ4n) is 1.79. The van der Waals surface area contributed by atoms with Crippen molar-refractivity contribution in [3.05, 3.63) is 36.4 Å². The molecular formula is C14H19NO3. The highest BCUT2D eigenvalue weighted by Gasteiger charge is 2.38. The third-order valence-corrected chi connectivity index (χ3v) is 2.89. The first-order chi connectivity index (χ1) is 8.58. The molecular weight excluding hydrogens is 230 g/mol. The van der Waals surface area contributed by atoms with Crippen LogP contribution in [0.25, 0.3) is 0 Å². The molecule has 0 saturated carbocycles. The lowest BCUT2D eigenvalue weighted by Crippen LogP contribution is -2.44. The Hall–Kier alpha value is -1.84. The summed E-state index contributed by atoms with van der Waals surface area (Å²) in [5, 5.41) is 2.67. The van der Waals surface area contributed by atoms with E-state index in [1.807, 2.05) is 36.4 Å². The van der Waals surface area contributed by atoms with Gasteiger partial charge in [0.1, 0.15) is 0 Å². The number of carbonyl (C=O) groups excluding carboxylic acids is 2. The van der Waals surface area contributed by atoms with E-state index in [1.165, 1.54) is 7.11 Å². The number of nitrogens with one attached hydrogen (secondary N) is 1. The normalized spacial score (nSPS) is 22.2. The molecule has 0 aromatic heterocycles. The van der Waals surface area contributed by atoms with Gasteiger partial charge < -0.3 is 10.1 Å². The van der Waals surface area contributed by atoms with Crippen LogP contribution in [0.2, 0.25) is 0 Å². The van der Waals surface area contributed by atoms with Crippen molar-refractivity contribution in [3.8, 4) is 0 Å². The second kappa shape index (κ2) is 6.79. The second-order valence-electron chi connectivity index (χ2n) is 4.48. The molecule has 0 spiro atoms. The summed E-state index contributed by atoms with van der Waals surface area (Å²) in [6.07, 6.45) is 0.894. The van der Waals surface area contributed by atoms with Gasteiger partial charge in [0.05, 0.1) is 12.5 Å². The van der Waals surface area contributed by atoms with Crippen LogP contribution in [-0.2, 0) is 14.3 Å². The lowest BCUT2D eigenvalue weighted by molar-refractivity contribution is -0.156. The maximum atomic E-state index is 11.2. The zero-order valence-electron chi connectivity index (χ0n) is 10.8. The third kappa shape index (κ3) is 4.20. The Bertz CT molecular complexity index is 365. The summed E-state index contributed by atoms with van der Waals surface area (Å²) in [6.45, 7) is 2.32. The fraction of sp³-hybridized carbons (Fsp3) is 0.429. The maximum absolute atomic E-state index is 11.2. The van der Waals surface area contributed by atoms with Gasteiger partial charge in [-0.2, -0.15) is 0 Å². The van der Waals surface area contributed by atoms with Crippen LogP contribution < -0.4 is 5.32 Å². The van der Waals surface area contributed by atoms with Crippen molar-refractivity contribution in [2.75, 3.05) is 13.7 Å². The molecule has 1 aromatic carbocycles. The van der Waals surface area contributed by atoms with Gasteiger partial charge in [-0.05, 0) is 13.3 Å². The number of hydrogen-bond donors (Lipinski definition) is 1. The molecule has 4 nitrogen and oxygen atoms in total. The average Bonchev–Trinajstić information content (AvgIpc) is 2.40. The van der Waals surface area contributed by atoms with Gasteiger partial charge >= 0.3 is 5.97 Å². The smallest absolute Gasteiger partial charge is 0.312 e. The summed E-state index contributed by atoms with van der Waals surface area (Å²) in [7, 11) is 1.35. The van der Waals surface area contributed by atoms with E-state index in [9.17, 15) is 9.59 Å². The highest BCUT2D eigenvalue weighted by atomic mass is 16.5. The van der Waals surface area contributed by atoms with Gasteiger partial charge in [-0.15, -0.1) is 0 Å². The molecule has 1 aliphatic heterocycles. The van der Waals surface area contributed by atoms with Gasteiger partial charge in [-0.3, -0.25) is 9.59 Å². The maximum Gasteiger partial charge on any atom is 0.312 e. The van der Waals surface area contributed by atoms with Crippen LogP contribution in [-0.4, -0.2) is 25.5 Å². The molecule has 1 aromatic rings. The molecule has 1 atom stereocenters. The lowest BCUT2D eigenvalue weighted by Gasteiger charge is -2.29. The Morgan fingerprint density at radius 1 is 1.22 bits per heavy atom. The van der Waals surface area contributed by atoms with Gasteiger partial charge in [0, 0.05) is 13.0 Å². The van der Waals surface area contributed by atoms with Crippen LogP contribution >= 0.6 is 0 Å². The van der Waals surface area contributed by atoms with E-state index in [2.05, 4.69) is 10.1 Å². The van der Waals surface area contributed by atoms with Crippen LogP contribution in [0.1, 0.15) is 19.8 Å². The molecule has 1 fully saturated rings. The Kier molecular flexibility index (Phi) is 5.36. The zero-order valence-corrected chi connectivity index (χ0v) is 10.8. The van der Waals surface area contributed by atoms with Crippen LogP contribution in [0, 0.1) is 5.41 Å². The molecule has 0 bridgehead atoms. The summed E-state index contributed by atoms with van der Waals surface area (Å²) >= 11 is 0. The highest BCUT2D eigenvalue weighted by molar-refractivity contribution is 5.86. The quantitative estimate of drug-likeness (QED) is 0.772. The van der Waals surface area contributed by atoms with E-state index < -0.39 is 5.41 Å². The summed E-state index contributed by atoms with van der Waals surface area (Å²) in [5.41, 5.74) is -0.614. The molecule has 1 aliphatic rings. The van der Waals surface area contributed by atoms with Crippen molar-refractivity contribution in [2.45, 2.75) is 19.8 Å². The fourth-order valence-corrected chi connectivity index (χ4v) is 1.79. The summed E-state index contributed by atoms with van der Waals surface area (Å²) < 4.78 is 4.62. The lowest BCUT2D eigenvalue weighted by atomic mass is 9.81. The molecule has 4 heteroatoms. The number of ether oxygens (including phenoxy) is 1. The van der Waals surface area contributed by atoms with Gasteiger partial charge in [-0.1, -0.05) is 36.4 Å². The number of methoxy groups -OCH3 is 1.